The third kappa shape index (κ3) is 3.08. The molecule has 3 heterocycles. The van der Waals surface area contributed by atoms with Crippen molar-refractivity contribution in [3.8, 4) is 0 Å². The summed E-state index contributed by atoms with van der Waals surface area (Å²) in [4.78, 5) is 33.5. The van der Waals surface area contributed by atoms with Gasteiger partial charge in [0.15, 0.2) is 0 Å². The summed E-state index contributed by atoms with van der Waals surface area (Å²) in [7, 11) is 0. The summed E-state index contributed by atoms with van der Waals surface area (Å²) in [5.74, 6) is 0.260. The van der Waals surface area contributed by atoms with E-state index in [4.69, 9.17) is 0 Å². The van der Waals surface area contributed by atoms with Gasteiger partial charge in [0.1, 0.15) is 29.2 Å². The van der Waals surface area contributed by atoms with Crippen LogP contribution in [0.25, 0.3) is 0 Å². The van der Waals surface area contributed by atoms with E-state index >= 15 is 0 Å². The van der Waals surface area contributed by atoms with Crippen LogP contribution < -0.4 is 16.2 Å². The van der Waals surface area contributed by atoms with Gasteiger partial charge >= 0.3 is 0 Å². The number of amides is 1. The Bertz CT molecular complexity index is 1060. The van der Waals surface area contributed by atoms with Crippen LogP contribution in [0.4, 0.5) is 11.5 Å². The minimum absolute atomic E-state index is 0.254. The molecule has 0 spiro atoms. The van der Waals surface area contributed by atoms with E-state index in [-0.39, 0.29) is 11.5 Å². The van der Waals surface area contributed by atoms with Crippen molar-refractivity contribution in [1.29, 1.82) is 0 Å². The standard InChI is InChI=1S/C20H19N5O2/c1-13-3-5-14(6-4-13)11-20(2)24-18(26)16-8-7-15(19(27)25(16)20)23-17-9-10-21-12-22-17/h3-10,12H,11H2,1-2H3,(H,24,26)(H,21,22,23). The van der Waals surface area contributed by atoms with E-state index in [1.807, 2.05) is 38.1 Å². The van der Waals surface area contributed by atoms with Gasteiger partial charge in [-0.1, -0.05) is 29.8 Å². The Balaban J connectivity index is 1.74. The van der Waals surface area contributed by atoms with Crippen LogP contribution >= 0.6 is 0 Å². The Morgan fingerprint density at radius 1 is 1.11 bits per heavy atom. The van der Waals surface area contributed by atoms with Crippen molar-refractivity contribution >= 4 is 17.4 Å². The number of nitrogens with zero attached hydrogens (tertiary/aromatic N) is 3. The van der Waals surface area contributed by atoms with E-state index in [2.05, 4.69) is 20.6 Å². The van der Waals surface area contributed by atoms with Crippen LogP contribution in [0.1, 0.15) is 28.5 Å². The number of carbonyl (C=O) groups excluding carboxylic acids is 1. The fourth-order valence-corrected chi connectivity index (χ4v) is 3.39. The number of carbonyl (C=O) groups is 1. The predicted molar refractivity (Wildman–Crippen MR) is 102 cm³/mol. The molecule has 0 radical (unpaired) electrons. The van der Waals surface area contributed by atoms with Gasteiger partial charge in [-0.3, -0.25) is 14.2 Å². The summed E-state index contributed by atoms with van der Waals surface area (Å²) < 4.78 is 1.53. The fraction of sp³-hybridized carbons (Fsp3) is 0.200. The zero-order valence-electron chi connectivity index (χ0n) is 15.1. The first-order valence-corrected chi connectivity index (χ1v) is 8.64. The van der Waals surface area contributed by atoms with Gasteiger partial charge in [0, 0.05) is 12.6 Å². The molecular formula is C20H19N5O2. The average molecular weight is 361 g/mol. The van der Waals surface area contributed by atoms with Gasteiger partial charge in [-0.25, -0.2) is 9.97 Å². The van der Waals surface area contributed by atoms with E-state index < -0.39 is 5.66 Å². The highest BCUT2D eigenvalue weighted by molar-refractivity contribution is 5.95. The van der Waals surface area contributed by atoms with Gasteiger partial charge in [0.2, 0.25) is 0 Å². The van der Waals surface area contributed by atoms with Crippen LogP contribution in [0.5, 0.6) is 0 Å². The molecule has 4 rings (SSSR count). The topological polar surface area (TPSA) is 88.9 Å². The van der Waals surface area contributed by atoms with Gasteiger partial charge in [-0.15, -0.1) is 0 Å². The van der Waals surface area contributed by atoms with Crippen molar-refractivity contribution in [3.05, 3.63) is 82.2 Å². The molecule has 2 N–H and O–H groups in total. The van der Waals surface area contributed by atoms with Crippen LogP contribution in [0.15, 0.2) is 59.8 Å². The average Bonchev–Trinajstić information content (AvgIpc) is 2.91. The van der Waals surface area contributed by atoms with Gasteiger partial charge in [0.25, 0.3) is 11.5 Å². The Kier molecular flexibility index (Phi) is 3.99. The number of aryl methyl sites for hydroxylation is 1. The van der Waals surface area contributed by atoms with Gasteiger partial charge in [0.05, 0.1) is 0 Å². The number of anilines is 2. The van der Waals surface area contributed by atoms with Crippen LogP contribution in [0.2, 0.25) is 0 Å². The van der Waals surface area contributed by atoms with Crippen molar-refractivity contribution < 1.29 is 4.79 Å². The summed E-state index contributed by atoms with van der Waals surface area (Å²) in [6.45, 7) is 3.88. The Morgan fingerprint density at radius 3 is 2.59 bits per heavy atom. The zero-order chi connectivity index (χ0) is 19.0. The van der Waals surface area contributed by atoms with Crippen LogP contribution in [0, 0.1) is 6.92 Å². The minimum atomic E-state index is -0.845. The summed E-state index contributed by atoms with van der Waals surface area (Å²) >= 11 is 0. The third-order valence-corrected chi connectivity index (χ3v) is 4.70. The van der Waals surface area contributed by atoms with Crippen molar-refractivity contribution in [2.45, 2.75) is 25.9 Å². The molecule has 0 saturated carbocycles. The molecule has 7 nitrogen and oxygen atoms in total. The number of benzene rings is 1. The first-order valence-electron chi connectivity index (χ1n) is 8.64. The lowest BCUT2D eigenvalue weighted by molar-refractivity contribution is 0.0927. The summed E-state index contributed by atoms with van der Waals surface area (Å²) in [5.41, 5.74) is 1.78. The highest BCUT2D eigenvalue weighted by Crippen LogP contribution is 2.26. The molecule has 0 aliphatic carbocycles. The number of pyridine rings is 1. The summed E-state index contributed by atoms with van der Waals surface area (Å²) in [6.07, 6.45) is 3.50. The van der Waals surface area contributed by atoms with E-state index in [1.165, 1.54) is 10.9 Å². The van der Waals surface area contributed by atoms with Crippen LogP contribution in [-0.2, 0) is 12.1 Å². The second kappa shape index (κ2) is 6.35. The molecule has 1 aliphatic rings. The Morgan fingerprint density at radius 2 is 1.89 bits per heavy atom. The zero-order valence-corrected chi connectivity index (χ0v) is 15.1. The molecule has 0 fully saturated rings. The number of hydrogen-bond acceptors (Lipinski definition) is 5. The quantitative estimate of drug-likeness (QED) is 0.745. The number of hydrogen-bond donors (Lipinski definition) is 2. The molecule has 27 heavy (non-hydrogen) atoms. The maximum absolute atomic E-state index is 13.1. The SMILES string of the molecule is Cc1ccc(CC2(C)NC(=O)c3ccc(Nc4ccncn4)c(=O)n32)cc1. The Hall–Kier alpha value is -3.48. The third-order valence-electron chi connectivity index (χ3n) is 4.70. The molecule has 1 amide bonds. The number of rotatable bonds is 4. The molecule has 1 atom stereocenters. The van der Waals surface area contributed by atoms with Crippen molar-refractivity contribution in [2.75, 3.05) is 5.32 Å². The molecule has 1 unspecified atom stereocenters. The first kappa shape index (κ1) is 17.0. The number of aromatic nitrogens is 3. The molecule has 1 aliphatic heterocycles. The summed E-state index contributed by atoms with van der Waals surface area (Å²) in [5, 5.41) is 5.96. The van der Waals surface area contributed by atoms with E-state index in [9.17, 15) is 9.59 Å². The van der Waals surface area contributed by atoms with Crippen LogP contribution in [0.3, 0.4) is 0 Å². The molecule has 3 aromatic rings. The largest absolute Gasteiger partial charge is 0.336 e. The normalized spacial score (nSPS) is 18.1. The van der Waals surface area contributed by atoms with E-state index in [0.29, 0.717) is 23.6 Å². The van der Waals surface area contributed by atoms with Gasteiger partial charge < -0.3 is 10.6 Å². The highest BCUT2D eigenvalue weighted by atomic mass is 16.2. The van der Waals surface area contributed by atoms with Gasteiger partial charge in [-0.05, 0) is 37.6 Å². The summed E-state index contributed by atoms with van der Waals surface area (Å²) in [6, 6.07) is 13.0. The predicted octanol–water partition coefficient (Wildman–Crippen LogP) is 2.35. The molecule has 0 bridgehead atoms. The van der Waals surface area contributed by atoms with Crippen molar-refractivity contribution in [1.82, 2.24) is 19.9 Å². The smallest absolute Gasteiger partial charge is 0.276 e. The van der Waals surface area contributed by atoms with E-state index in [1.54, 1.807) is 24.4 Å². The minimum Gasteiger partial charge on any atom is -0.336 e. The van der Waals surface area contributed by atoms with Crippen LogP contribution in [-0.4, -0.2) is 20.4 Å². The molecule has 1 aromatic carbocycles. The second-order valence-corrected chi connectivity index (χ2v) is 6.88. The van der Waals surface area contributed by atoms with Crippen molar-refractivity contribution in [2.24, 2.45) is 0 Å². The molecule has 2 aromatic heterocycles. The molecule has 136 valence electrons. The molecular weight excluding hydrogens is 342 g/mol. The van der Waals surface area contributed by atoms with E-state index in [0.717, 1.165) is 11.1 Å². The lowest BCUT2D eigenvalue weighted by Gasteiger charge is -2.27. The maximum Gasteiger partial charge on any atom is 0.276 e. The lowest BCUT2D eigenvalue weighted by atomic mass is 10.0. The molecule has 7 heteroatoms. The monoisotopic (exact) mass is 361 g/mol. The lowest BCUT2D eigenvalue weighted by Crippen LogP contribution is -2.46. The fourth-order valence-electron chi connectivity index (χ4n) is 3.39. The maximum atomic E-state index is 13.1. The Labute approximate surface area is 156 Å². The first-order chi connectivity index (χ1) is 13.0. The molecule has 0 saturated heterocycles. The number of nitrogens with one attached hydrogen (secondary N) is 2. The number of fused-ring (bicyclic) bond motifs is 1. The highest BCUT2D eigenvalue weighted by Gasteiger charge is 2.40. The van der Waals surface area contributed by atoms with Gasteiger partial charge in [-0.2, -0.15) is 0 Å². The second-order valence-electron chi connectivity index (χ2n) is 6.88. The van der Waals surface area contributed by atoms with Crippen molar-refractivity contribution in [3.63, 3.8) is 0 Å².